The number of carbonyl (C=O) groups excluding carboxylic acids is 1. The molecule has 2 aliphatic rings. The molecule has 1 aliphatic carbocycles. The van der Waals surface area contributed by atoms with E-state index in [0.29, 0.717) is 37.5 Å². The van der Waals surface area contributed by atoms with Crippen LogP contribution >= 0.6 is 0 Å². The number of hydrogen-bond acceptors (Lipinski definition) is 3. The van der Waals surface area contributed by atoms with Gasteiger partial charge in [0.1, 0.15) is 0 Å². The number of nitrogens with zero attached hydrogens (tertiary/aromatic N) is 2. The van der Waals surface area contributed by atoms with Crippen molar-refractivity contribution < 1.29 is 9.53 Å². The molecule has 1 aliphatic heterocycles. The molecule has 0 spiro atoms. The lowest BCUT2D eigenvalue weighted by atomic mass is 9.79. The molecule has 0 bridgehead atoms. The van der Waals surface area contributed by atoms with Crippen molar-refractivity contribution in [3.8, 4) is 0 Å². The molecule has 0 aromatic heterocycles. The van der Waals surface area contributed by atoms with Gasteiger partial charge in [0.05, 0.1) is 6.61 Å². The number of benzene rings is 1. The number of carbonyl (C=O) groups is 1. The van der Waals surface area contributed by atoms with Gasteiger partial charge in [-0.2, -0.15) is 0 Å². The van der Waals surface area contributed by atoms with E-state index in [1.807, 2.05) is 6.92 Å². The number of nitrogens with one attached hydrogen (secondary N) is 1. The monoisotopic (exact) mass is 386 g/mol. The normalized spacial score (nSPS) is 24.0. The average molecular weight is 387 g/mol. The van der Waals surface area contributed by atoms with E-state index in [0.717, 1.165) is 19.4 Å². The van der Waals surface area contributed by atoms with Gasteiger partial charge in [0.25, 0.3) is 0 Å². The number of rotatable bonds is 5. The summed E-state index contributed by atoms with van der Waals surface area (Å²) in [5.41, 5.74) is 7.59. The first-order chi connectivity index (χ1) is 13.7. The average Bonchev–Trinajstić information content (AvgIpc) is 2.74. The minimum atomic E-state index is -0.214. The van der Waals surface area contributed by atoms with Crippen molar-refractivity contribution in [1.82, 2.24) is 10.2 Å². The van der Waals surface area contributed by atoms with Crippen LogP contribution in [0, 0.1) is 5.92 Å². The predicted octanol–water partition coefficient (Wildman–Crippen LogP) is 3.49. The molecule has 6 heteroatoms. The van der Waals surface area contributed by atoms with E-state index in [-0.39, 0.29) is 12.1 Å². The summed E-state index contributed by atoms with van der Waals surface area (Å²) < 4.78 is 5.06. The third-order valence-corrected chi connectivity index (χ3v) is 6.01. The van der Waals surface area contributed by atoms with Crippen molar-refractivity contribution in [2.45, 2.75) is 57.4 Å². The first-order valence-electron chi connectivity index (χ1n) is 10.7. The zero-order chi connectivity index (χ0) is 19.8. The van der Waals surface area contributed by atoms with Crippen molar-refractivity contribution >= 4 is 12.1 Å². The Bertz CT molecular complexity index is 633. The van der Waals surface area contributed by atoms with Crippen LogP contribution in [-0.4, -0.2) is 49.2 Å². The van der Waals surface area contributed by atoms with Gasteiger partial charge >= 0.3 is 6.09 Å². The molecule has 0 atom stereocenters. The second kappa shape index (κ2) is 10.3. The summed E-state index contributed by atoms with van der Waals surface area (Å²) in [6.07, 6.45) is 6.44. The number of guanidine groups is 1. The van der Waals surface area contributed by atoms with Crippen molar-refractivity contribution in [2.75, 3.05) is 26.2 Å². The molecule has 1 saturated heterocycles. The van der Waals surface area contributed by atoms with E-state index in [1.165, 1.54) is 31.2 Å². The van der Waals surface area contributed by atoms with Gasteiger partial charge in [0, 0.05) is 25.7 Å². The SMILES string of the molecule is CCOC(=O)N1CCC(NC(N)=NCC2CCC(c3ccccc3)CC2)CC1. The van der Waals surface area contributed by atoms with E-state index >= 15 is 0 Å². The maximum Gasteiger partial charge on any atom is 0.409 e. The highest BCUT2D eigenvalue weighted by molar-refractivity contribution is 5.78. The maximum atomic E-state index is 11.8. The zero-order valence-corrected chi connectivity index (χ0v) is 17.0. The fourth-order valence-corrected chi connectivity index (χ4v) is 4.31. The summed E-state index contributed by atoms with van der Waals surface area (Å²) in [7, 11) is 0. The third kappa shape index (κ3) is 5.88. The van der Waals surface area contributed by atoms with E-state index in [2.05, 4.69) is 40.6 Å². The molecule has 2 fully saturated rings. The molecule has 0 unspecified atom stereocenters. The molecule has 1 heterocycles. The molecular weight excluding hydrogens is 352 g/mol. The van der Waals surface area contributed by atoms with E-state index in [1.54, 1.807) is 4.90 Å². The van der Waals surface area contributed by atoms with E-state index in [9.17, 15) is 4.79 Å². The molecule has 0 radical (unpaired) electrons. The van der Waals surface area contributed by atoms with Gasteiger partial charge in [-0.05, 0) is 62.8 Å². The Morgan fingerprint density at radius 3 is 2.46 bits per heavy atom. The van der Waals surface area contributed by atoms with Gasteiger partial charge in [-0.3, -0.25) is 4.99 Å². The van der Waals surface area contributed by atoms with Crippen molar-refractivity contribution in [1.29, 1.82) is 0 Å². The van der Waals surface area contributed by atoms with Gasteiger partial charge in [-0.1, -0.05) is 30.3 Å². The van der Waals surface area contributed by atoms with Gasteiger partial charge < -0.3 is 20.7 Å². The van der Waals surface area contributed by atoms with Crippen LogP contribution in [-0.2, 0) is 4.74 Å². The fourth-order valence-electron chi connectivity index (χ4n) is 4.31. The molecule has 1 amide bonds. The Kier molecular flexibility index (Phi) is 7.57. The van der Waals surface area contributed by atoms with Crippen molar-refractivity contribution in [3.63, 3.8) is 0 Å². The molecule has 3 rings (SSSR count). The molecule has 6 nitrogen and oxygen atoms in total. The standard InChI is InChI=1S/C22H34N4O2/c1-2-28-22(27)26-14-12-20(13-15-26)25-21(23)24-16-17-8-10-19(11-9-17)18-6-4-3-5-7-18/h3-7,17,19-20H,2,8-16H2,1H3,(H3,23,24,25). The minimum Gasteiger partial charge on any atom is -0.450 e. The molecule has 3 N–H and O–H groups in total. The Morgan fingerprint density at radius 1 is 1.14 bits per heavy atom. The second-order valence-corrected chi connectivity index (χ2v) is 7.96. The highest BCUT2D eigenvalue weighted by Crippen LogP contribution is 2.35. The summed E-state index contributed by atoms with van der Waals surface area (Å²) in [4.78, 5) is 18.1. The Morgan fingerprint density at radius 2 is 1.82 bits per heavy atom. The summed E-state index contributed by atoms with van der Waals surface area (Å²) >= 11 is 0. The smallest absolute Gasteiger partial charge is 0.409 e. The van der Waals surface area contributed by atoms with E-state index in [4.69, 9.17) is 10.5 Å². The summed E-state index contributed by atoms with van der Waals surface area (Å²) in [6, 6.07) is 11.1. The van der Waals surface area contributed by atoms with Crippen LogP contribution in [0.25, 0.3) is 0 Å². The predicted molar refractivity (Wildman–Crippen MR) is 112 cm³/mol. The maximum absolute atomic E-state index is 11.8. The lowest BCUT2D eigenvalue weighted by Crippen LogP contribution is -2.48. The number of piperidine rings is 1. The first-order valence-corrected chi connectivity index (χ1v) is 10.7. The van der Waals surface area contributed by atoms with Gasteiger partial charge in [0.2, 0.25) is 0 Å². The topological polar surface area (TPSA) is 80.0 Å². The van der Waals surface area contributed by atoms with Crippen LogP contribution in [0.2, 0.25) is 0 Å². The molecule has 1 aromatic rings. The summed E-state index contributed by atoms with van der Waals surface area (Å²) in [6.45, 7) is 4.46. The van der Waals surface area contributed by atoms with Crippen LogP contribution in [0.1, 0.15) is 56.9 Å². The Hall–Kier alpha value is -2.24. The molecule has 1 saturated carbocycles. The van der Waals surface area contributed by atoms with Gasteiger partial charge in [-0.25, -0.2) is 4.79 Å². The molecule has 28 heavy (non-hydrogen) atoms. The zero-order valence-electron chi connectivity index (χ0n) is 17.0. The summed E-state index contributed by atoms with van der Waals surface area (Å²) in [5, 5.41) is 3.33. The molecular formula is C22H34N4O2. The van der Waals surface area contributed by atoms with Crippen LogP contribution in [0.15, 0.2) is 35.3 Å². The highest BCUT2D eigenvalue weighted by Gasteiger charge is 2.24. The van der Waals surface area contributed by atoms with Crippen molar-refractivity contribution in [2.24, 2.45) is 16.6 Å². The van der Waals surface area contributed by atoms with Crippen LogP contribution in [0.4, 0.5) is 4.79 Å². The number of ether oxygens (including phenoxy) is 1. The van der Waals surface area contributed by atoms with Gasteiger partial charge in [0.15, 0.2) is 5.96 Å². The second-order valence-electron chi connectivity index (χ2n) is 7.96. The van der Waals surface area contributed by atoms with Gasteiger partial charge in [-0.15, -0.1) is 0 Å². The number of amides is 1. The molecule has 154 valence electrons. The summed E-state index contributed by atoms with van der Waals surface area (Å²) in [5.74, 6) is 1.87. The Labute approximate surface area is 168 Å². The lowest BCUT2D eigenvalue weighted by molar-refractivity contribution is 0.0963. The fraction of sp³-hybridized carbons (Fsp3) is 0.636. The van der Waals surface area contributed by atoms with Crippen LogP contribution < -0.4 is 11.1 Å². The number of hydrogen-bond donors (Lipinski definition) is 2. The van der Waals surface area contributed by atoms with Crippen LogP contribution in [0.3, 0.4) is 0 Å². The molecule has 1 aromatic carbocycles. The minimum absolute atomic E-state index is 0.214. The quantitative estimate of drug-likeness (QED) is 0.600. The third-order valence-electron chi connectivity index (χ3n) is 6.01. The number of aliphatic imine (C=N–C) groups is 1. The lowest BCUT2D eigenvalue weighted by Gasteiger charge is -2.32. The van der Waals surface area contributed by atoms with Crippen molar-refractivity contribution in [3.05, 3.63) is 35.9 Å². The first kappa shape index (κ1) is 20.5. The number of nitrogens with two attached hydrogens (primary N) is 1. The highest BCUT2D eigenvalue weighted by atomic mass is 16.6. The van der Waals surface area contributed by atoms with Crippen LogP contribution in [0.5, 0.6) is 0 Å². The number of likely N-dealkylation sites (tertiary alicyclic amines) is 1. The van der Waals surface area contributed by atoms with E-state index < -0.39 is 0 Å². The Balaban J connectivity index is 1.36. The largest absolute Gasteiger partial charge is 0.450 e.